The fraction of sp³-hybridized carbons (Fsp3) is 0.200. The standard InChI is InChI=1S/C15H13F2N/c1-9-2-5-14-10(6-9)7-15(18-14)12-4-3-11(16)8-13(12)17/h2-6,8,15,18H,7H2,1H3. The molecule has 92 valence electrons. The lowest BCUT2D eigenvalue weighted by Gasteiger charge is -2.12. The summed E-state index contributed by atoms with van der Waals surface area (Å²) in [6, 6.07) is 9.77. The summed E-state index contributed by atoms with van der Waals surface area (Å²) < 4.78 is 26.6. The van der Waals surface area contributed by atoms with Crippen molar-refractivity contribution >= 4 is 5.69 Å². The first-order valence-corrected chi connectivity index (χ1v) is 5.94. The van der Waals surface area contributed by atoms with Gasteiger partial charge in [-0.15, -0.1) is 0 Å². The normalized spacial score (nSPS) is 17.4. The van der Waals surface area contributed by atoms with Crippen molar-refractivity contribution < 1.29 is 8.78 Å². The van der Waals surface area contributed by atoms with E-state index in [-0.39, 0.29) is 6.04 Å². The van der Waals surface area contributed by atoms with E-state index >= 15 is 0 Å². The zero-order chi connectivity index (χ0) is 12.7. The van der Waals surface area contributed by atoms with Crippen LogP contribution in [0.25, 0.3) is 0 Å². The smallest absolute Gasteiger partial charge is 0.131 e. The second kappa shape index (κ2) is 4.09. The summed E-state index contributed by atoms with van der Waals surface area (Å²) in [5, 5.41) is 3.28. The predicted molar refractivity (Wildman–Crippen MR) is 67.6 cm³/mol. The van der Waals surface area contributed by atoms with Crippen LogP contribution in [0.4, 0.5) is 14.5 Å². The van der Waals surface area contributed by atoms with Gasteiger partial charge in [-0.3, -0.25) is 0 Å². The predicted octanol–water partition coefficient (Wildman–Crippen LogP) is 3.98. The zero-order valence-corrected chi connectivity index (χ0v) is 10.0. The van der Waals surface area contributed by atoms with E-state index in [1.165, 1.54) is 23.3 Å². The molecule has 0 saturated carbocycles. The third kappa shape index (κ3) is 1.86. The summed E-state index contributed by atoms with van der Waals surface area (Å²) in [5.74, 6) is -1.03. The number of rotatable bonds is 1. The van der Waals surface area contributed by atoms with Gasteiger partial charge in [0.2, 0.25) is 0 Å². The largest absolute Gasteiger partial charge is 0.378 e. The van der Waals surface area contributed by atoms with Crippen molar-refractivity contribution in [2.24, 2.45) is 0 Å². The molecule has 1 aliphatic heterocycles. The van der Waals surface area contributed by atoms with Crippen molar-refractivity contribution in [2.45, 2.75) is 19.4 Å². The number of hydrogen-bond donors (Lipinski definition) is 1. The number of fused-ring (bicyclic) bond motifs is 1. The maximum absolute atomic E-state index is 13.7. The third-order valence-electron chi connectivity index (χ3n) is 3.35. The molecule has 0 aliphatic carbocycles. The van der Waals surface area contributed by atoms with Gasteiger partial charge in [0.05, 0.1) is 6.04 Å². The van der Waals surface area contributed by atoms with E-state index in [1.807, 2.05) is 19.1 Å². The summed E-state index contributed by atoms with van der Waals surface area (Å²) in [6.07, 6.45) is 0.736. The van der Waals surface area contributed by atoms with Crippen LogP contribution in [0, 0.1) is 18.6 Å². The SMILES string of the molecule is Cc1ccc2c(c1)CC(c1ccc(F)cc1F)N2. The van der Waals surface area contributed by atoms with E-state index in [2.05, 4.69) is 11.4 Å². The molecular weight excluding hydrogens is 232 g/mol. The van der Waals surface area contributed by atoms with E-state index < -0.39 is 11.6 Å². The molecule has 0 aromatic heterocycles. The molecule has 0 fully saturated rings. The molecule has 0 bridgehead atoms. The van der Waals surface area contributed by atoms with Crippen LogP contribution in [-0.2, 0) is 6.42 Å². The molecule has 1 atom stereocenters. The molecule has 0 amide bonds. The molecule has 2 aromatic rings. The van der Waals surface area contributed by atoms with E-state index in [0.29, 0.717) is 5.56 Å². The highest BCUT2D eigenvalue weighted by Gasteiger charge is 2.24. The minimum absolute atomic E-state index is 0.109. The second-order valence-corrected chi connectivity index (χ2v) is 4.73. The summed E-state index contributed by atoms with van der Waals surface area (Å²) >= 11 is 0. The average Bonchev–Trinajstić information content (AvgIpc) is 2.71. The first-order valence-electron chi connectivity index (χ1n) is 5.94. The monoisotopic (exact) mass is 245 g/mol. The van der Waals surface area contributed by atoms with Gasteiger partial charge in [-0.05, 0) is 31.0 Å². The van der Waals surface area contributed by atoms with Crippen molar-refractivity contribution in [1.29, 1.82) is 0 Å². The molecule has 1 heterocycles. The molecule has 1 unspecified atom stereocenters. The van der Waals surface area contributed by atoms with Crippen molar-refractivity contribution in [3.63, 3.8) is 0 Å². The topological polar surface area (TPSA) is 12.0 Å². The molecule has 1 N–H and O–H groups in total. The molecule has 0 radical (unpaired) electrons. The third-order valence-corrected chi connectivity index (χ3v) is 3.35. The van der Waals surface area contributed by atoms with Crippen LogP contribution in [0.2, 0.25) is 0 Å². The number of nitrogens with one attached hydrogen (secondary N) is 1. The van der Waals surface area contributed by atoms with Gasteiger partial charge < -0.3 is 5.32 Å². The molecule has 0 spiro atoms. The number of hydrogen-bond acceptors (Lipinski definition) is 1. The lowest BCUT2D eigenvalue weighted by atomic mass is 10.0. The van der Waals surface area contributed by atoms with E-state index in [1.54, 1.807) is 0 Å². The molecule has 3 heteroatoms. The average molecular weight is 245 g/mol. The Hall–Kier alpha value is -1.90. The Morgan fingerprint density at radius 2 is 1.94 bits per heavy atom. The Morgan fingerprint density at radius 3 is 2.72 bits per heavy atom. The van der Waals surface area contributed by atoms with Crippen LogP contribution in [0.3, 0.4) is 0 Å². The number of anilines is 1. The summed E-state index contributed by atoms with van der Waals surface area (Å²) in [7, 11) is 0. The van der Waals surface area contributed by atoms with Gasteiger partial charge in [-0.2, -0.15) is 0 Å². The van der Waals surface area contributed by atoms with Gasteiger partial charge in [0.25, 0.3) is 0 Å². The molecule has 1 nitrogen and oxygen atoms in total. The van der Waals surface area contributed by atoms with Crippen LogP contribution in [-0.4, -0.2) is 0 Å². The van der Waals surface area contributed by atoms with Gasteiger partial charge >= 0.3 is 0 Å². The Bertz CT molecular complexity index is 607. The first-order chi connectivity index (χ1) is 8.63. The fourth-order valence-corrected chi connectivity index (χ4v) is 2.46. The van der Waals surface area contributed by atoms with Gasteiger partial charge in [0, 0.05) is 17.3 Å². The lowest BCUT2D eigenvalue weighted by molar-refractivity contribution is 0.563. The fourth-order valence-electron chi connectivity index (χ4n) is 2.46. The molecule has 2 aromatic carbocycles. The zero-order valence-electron chi connectivity index (χ0n) is 10.0. The minimum atomic E-state index is -0.539. The summed E-state index contributed by atoms with van der Waals surface area (Å²) in [6.45, 7) is 2.03. The number of benzene rings is 2. The Kier molecular flexibility index (Phi) is 2.54. The molecule has 18 heavy (non-hydrogen) atoms. The molecular formula is C15H13F2N. The molecule has 0 saturated heterocycles. The van der Waals surface area contributed by atoms with Crippen molar-refractivity contribution in [2.75, 3.05) is 5.32 Å². The summed E-state index contributed by atoms with van der Waals surface area (Å²) in [5.41, 5.74) is 3.93. The first kappa shape index (κ1) is 11.2. The number of aryl methyl sites for hydroxylation is 1. The highest BCUT2D eigenvalue weighted by molar-refractivity contribution is 5.59. The molecule has 1 aliphatic rings. The van der Waals surface area contributed by atoms with Crippen LogP contribution in [0.5, 0.6) is 0 Å². The summed E-state index contributed by atoms with van der Waals surface area (Å²) in [4.78, 5) is 0. The Labute approximate surface area is 104 Å². The van der Waals surface area contributed by atoms with Crippen molar-refractivity contribution in [1.82, 2.24) is 0 Å². The minimum Gasteiger partial charge on any atom is -0.378 e. The molecule has 3 rings (SSSR count). The van der Waals surface area contributed by atoms with Gasteiger partial charge in [-0.25, -0.2) is 8.78 Å². The second-order valence-electron chi connectivity index (χ2n) is 4.73. The Morgan fingerprint density at radius 1 is 1.11 bits per heavy atom. The quantitative estimate of drug-likeness (QED) is 0.801. The van der Waals surface area contributed by atoms with Crippen molar-refractivity contribution in [3.05, 3.63) is 64.7 Å². The highest BCUT2D eigenvalue weighted by atomic mass is 19.1. The van der Waals surface area contributed by atoms with E-state index in [0.717, 1.165) is 18.2 Å². The van der Waals surface area contributed by atoms with E-state index in [4.69, 9.17) is 0 Å². The van der Waals surface area contributed by atoms with Crippen LogP contribution in [0.15, 0.2) is 36.4 Å². The van der Waals surface area contributed by atoms with Crippen LogP contribution in [0.1, 0.15) is 22.7 Å². The van der Waals surface area contributed by atoms with Crippen LogP contribution < -0.4 is 5.32 Å². The number of halogens is 2. The van der Waals surface area contributed by atoms with Gasteiger partial charge in [-0.1, -0.05) is 23.8 Å². The highest BCUT2D eigenvalue weighted by Crippen LogP contribution is 2.35. The van der Waals surface area contributed by atoms with Crippen molar-refractivity contribution in [3.8, 4) is 0 Å². The lowest BCUT2D eigenvalue weighted by Crippen LogP contribution is -2.08. The Balaban J connectivity index is 1.93. The maximum Gasteiger partial charge on any atom is 0.131 e. The van der Waals surface area contributed by atoms with Gasteiger partial charge in [0.15, 0.2) is 0 Å². The van der Waals surface area contributed by atoms with Crippen LogP contribution >= 0.6 is 0 Å². The van der Waals surface area contributed by atoms with E-state index in [9.17, 15) is 8.78 Å². The van der Waals surface area contributed by atoms with Gasteiger partial charge in [0.1, 0.15) is 11.6 Å². The maximum atomic E-state index is 13.7.